The standard InChI is InChI=1S/C21H18BrFN4O2S/c1-12-8-14(6-7-17(12)22)30(28,29)10-13-4-3-5-15(19(13)23)16-9-27(2)21-18(16)20(24)25-11-26-21/h3-9,11H,10H2,1-2H3,(H2,24,25,26). The minimum atomic E-state index is -3.73. The molecule has 0 aliphatic carbocycles. The molecule has 0 spiro atoms. The zero-order valence-corrected chi connectivity index (χ0v) is 18.6. The average Bonchev–Trinajstić information content (AvgIpc) is 3.03. The largest absolute Gasteiger partial charge is 0.383 e. The molecule has 0 unspecified atom stereocenters. The molecule has 0 atom stereocenters. The molecule has 0 amide bonds. The number of rotatable bonds is 4. The van der Waals surface area contributed by atoms with Gasteiger partial charge in [-0.25, -0.2) is 22.8 Å². The second-order valence-corrected chi connectivity index (χ2v) is 9.90. The van der Waals surface area contributed by atoms with Crippen molar-refractivity contribution >= 4 is 42.6 Å². The fourth-order valence-electron chi connectivity index (χ4n) is 3.44. The van der Waals surface area contributed by atoms with Crippen molar-refractivity contribution in [3.05, 3.63) is 70.3 Å². The summed E-state index contributed by atoms with van der Waals surface area (Å²) in [7, 11) is -1.96. The number of benzene rings is 2. The number of nitrogen functional groups attached to an aromatic ring is 1. The third kappa shape index (κ3) is 3.48. The SMILES string of the molecule is Cc1cc(S(=O)(=O)Cc2cccc(-c3cn(C)c4ncnc(N)c34)c2F)ccc1Br. The quantitative estimate of drug-likeness (QED) is 0.459. The summed E-state index contributed by atoms with van der Waals surface area (Å²) in [6.07, 6.45) is 3.06. The molecule has 4 rings (SSSR count). The maximum Gasteiger partial charge on any atom is 0.182 e. The molecule has 0 fully saturated rings. The van der Waals surface area contributed by atoms with Crippen molar-refractivity contribution in [2.75, 3.05) is 5.73 Å². The molecule has 0 aliphatic heterocycles. The Morgan fingerprint density at radius 1 is 1.17 bits per heavy atom. The summed E-state index contributed by atoms with van der Waals surface area (Å²) in [5.74, 6) is -0.825. The number of fused-ring (bicyclic) bond motifs is 1. The molecule has 6 nitrogen and oxygen atoms in total. The van der Waals surface area contributed by atoms with E-state index in [0.717, 1.165) is 10.0 Å². The van der Waals surface area contributed by atoms with Crippen molar-refractivity contribution in [1.82, 2.24) is 14.5 Å². The third-order valence-electron chi connectivity index (χ3n) is 4.99. The van der Waals surface area contributed by atoms with Crippen LogP contribution in [-0.2, 0) is 22.6 Å². The van der Waals surface area contributed by atoms with E-state index >= 15 is 4.39 Å². The van der Waals surface area contributed by atoms with Crippen molar-refractivity contribution in [2.45, 2.75) is 17.6 Å². The number of aromatic nitrogens is 3. The number of sulfone groups is 1. The number of nitrogens with zero attached hydrogens (tertiary/aromatic N) is 3. The lowest BCUT2D eigenvalue weighted by Gasteiger charge is -2.10. The number of hydrogen-bond acceptors (Lipinski definition) is 5. The van der Waals surface area contributed by atoms with Crippen molar-refractivity contribution in [3.63, 3.8) is 0 Å². The van der Waals surface area contributed by atoms with Crippen LogP contribution >= 0.6 is 15.9 Å². The summed E-state index contributed by atoms with van der Waals surface area (Å²) < 4.78 is 43.8. The Bertz CT molecular complexity index is 1400. The lowest BCUT2D eigenvalue weighted by atomic mass is 10.0. The van der Waals surface area contributed by atoms with E-state index in [1.807, 2.05) is 0 Å². The van der Waals surface area contributed by atoms with E-state index in [9.17, 15) is 8.42 Å². The monoisotopic (exact) mass is 488 g/mol. The predicted octanol–water partition coefficient (Wildman–Crippen LogP) is 4.40. The summed E-state index contributed by atoms with van der Waals surface area (Å²) >= 11 is 3.36. The first-order valence-electron chi connectivity index (χ1n) is 9.01. The first-order valence-corrected chi connectivity index (χ1v) is 11.5. The Labute approximate surface area is 181 Å². The first kappa shape index (κ1) is 20.5. The molecular formula is C21H18BrFN4O2S. The molecule has 2 aromatic carbocycles. The first-order chi connectivity index (χ1) is 14.2. The fourth-order valence-corrected chi connectivity index (χ4v) is 5.11. The second-order valence-electron chi connectivity index (χ2n) is 7.06. The molecule has 2 aromatic heterocycles. The highest BCUT2D eigenvalue weighted by Gasteiger charge is 2.22. The molecule has 0 aliphatic rings. The van der Waals surface area contributed by atoms with Crippen LogP contribution < -0.4 is 5.73 Å². The van der Waals surface area contributed by atoms with Gasteiger partial charge in [-0.1, -0.05) is 34.1 Å². The molecular weight excluding hydrogens is 471 g/mol. The molecule has 2 N–H and O–H groups in total. The van der Waals surface area contributed by atoms with Crippen LogP contribution in [0.25, 0.3) is 22.2 Å². The molecule has 4 aromatic rings. The Balaban J connectivity index is 1.81. The third-order valence-corrected chi connectivity index (χ3v) is 7.54. The van der Waals surface area contributed by atoms with Crippen LogP contribution in [0, 0.1) is 12.7 Å². The van der Waals surface area contributed by atoms with Gasteiger partial charge in [0.15, 0.2) is 9.84 Å². The van der Waals surface area contributed by atoms with Crippen LogP contribution in [0.15, 0.2) is 58.3 Å². The maximum atomic E-state index is 15.5. The Morgan fingerprint density at radius 3 is 2.67 bits per heavy atom. The second kappa shape index (κ2) is 7.48. The molecule has 2 heterocycles. The molecule has 0 bridgehead atoms. The summed E-state index contributed by atoms with van der Waals surface area (Å²) in [4.78, 5) is 8.36. The summed E-state index contributed by atoms with van der Waals surface area (Å²) in [6, 6.07) is 9.47. The smallest absolute Gasteiger partial charge is 0.182 e. The van der Waals surface area contributed by atoms with Crippen LogP contribution in [-0.4, -0.2) is 23.0 Å². The van der Waals surface area contributed by atoms with E-state index in [0.29, 0.717) is 16.6 Å². The van der Waals surface area contributed by atoms with Crippen molar-refractivity contribution in [2.24, 2.45) is 7.05 Å². The number of nitrogens with two attached hydrogens (primary N) is 1. The van der Waals surface area contributed by atoms with Crippen molar-refractivity contribution < 1.29 is 12.8 Å². The minimum absolute atomic E-state index is 0.0838. The number of halogens is 2. The zero-order chi connectivity index (χ0) is 21.6. The lowest BCUT2D eigenvalue weighted by Crippen LogP contribution is -2.07. The van der Waals surface area contributed by atoms with E-state index in [4.69, 9.17) is 5.73 Å². The van der Waals surface area contributed by atoms with Crippen LogP contribution in [0.4, 0.5) is 10.2 Å². The minimum Gasteiger partial charge on any atom is -0.383 e. The van der Waals surface area contributed by atoms with Gasteiger partial charge >= 0.3 is 0 Å². The normalized spacial score (nSPS) is 11.9. The summed E-state index contributed by atoms with van der Waals surface area (Å²) in [5.41, 5.74) is 8.22. The van der Waals surface area contributed by atoms with Gasteiger partial charge in [0.2, 0.25) is 0 Å². The highest BCUT2D eigenvalue weighted by atomic mass is 79.9. The summed E-state index contributed by atoms with van der Waals surface area (Å²) in [5, 5.41) is 0.530. The van der Waals surface area contributed by atoms with Gasteiger partial charge in [0.25, 0.3) is 0 Å². The van der Waals surface area contributed by atoms with Crippen LogP contribution in [0.2, 0.25) is 0 Å². The highest BCUT2D eigenvalue weighted by molar-refractivity contribution is 9.10. The van der Waals surface area contributed by atoms with Crippen molar-refractivity contribution in [1.29, 1.82) is 0 Å². The number of aryl methyl sites for hydroxylation is 2. The Kier molecular flexibility index (Phi) is 5.11. The van der Waals surface area contributed by atoms with Crippen LogP contribution in [0.5, 0.6) is 0 Å². The van der Waals surface area contributed by atoms with Gasteiger partial charge < -0.3 is 10.3 Å². The van der Waals surface area contributed by atoms with E-state index < -0.39 is 21.4 Å². The van der Waals surface area contributed by atoms with E-state index in [1.54, 1.807) is 49.0 Å². The Morgan fingerprint density at radius 2 is 1.93 bits per heavy atom. The van der Waals surface area contributed by atoms with Gasteiger partial charge in [0.05, 0.1) is 16.0 Å². The highest BCUT2D eigenvalue weighted by Crippen LogP contribution is 2.35. The van der Waals surface area contributed by atoms with E-state index in [2.05, 4.69) is 25.9 Å². The maximum absolute atomic E-state index is 15.5. The van der Waals surface area contributed by atoms with Crippen LogP contribution in [0.1, 0.15) is 11.1 Å². The molecule has 0 saturated heterocycles. The Hall–Kier alpha value is -2.78. The average molecular weight is 489 g/mol. The van der Waals surface area contributed by atoms with E-state index in [-0.39, 0.29) is 21.8 Å². The molecule has 0 radical (unpaired) electrons. The lowest BCUT2D eigenvalue weighted by molar-refractivity contribution is 0.588. The number of anilines is 1. The van der Waals surface area contributed by atoms with E-state index in [1.165, 1.54) is 18.5 Å². The fraction of sp³-hybridized carbons (Fsp3) is 0.143. The molecule has 9 heteroatoms. The molecule has 0 saturated carbocycles. The molecule has 30 heavy (non-hydrogen) atoms. The summed E-state index contributed by atoms with van der Waals surface area (Å²) in [6.45, 7) is 1.80. The topological polar surface area (TPSA) is 90.9 Å². The van der Waals surface area contributed by atoms with Gasteiger partial charge in [0.1, 0.15) is 23.6 Å². The number of hydrogen-bond donors (Lipinski definition) is 1. The van der Waals surface area contributed by atoms with Gasteiger partial charge in [-0.05, 0) is 30.7 Å². The molecule has 154 valence electrons. The van der Waals surface area contributed by atoms with Crippen LogP contribution in [0.3, 0.4) is 0 Å². The van der Waals surface area contributed by atoms with Gasteiger partial charge in [-0.2, -0.15) is 0 Å². The van der Waals surface area contributed by atoms with Gasteiger partial charge in [-0.3, -0.25) is 0 Å². The predicted molar refractivity (Wildman–Crippen MR) is 118 cm³/mol. The van der Waals surface area contributed by atoms with Crippen molar-refractivity contribution in [3.8, 4) is 11.1 Å². The van der Waals surface area contributed by atoms with Gasteiger partial charge in [0, 0.05) is 34.4 Å². The zero-order valence-electron chi connectivity index (χ0n) is 16.2. The van der Waals surface area contributed by atoms with Gasteiger partial charge in [-0.15, -0.1) is 0 Å².